The minimum absolute atomic E-state index is 0.0517. The Balaban J connectivity index is 1.65. The second-order valence-corrected chi connectivity index (χ2v) is 5.19. The Kier molecular flexibility index (Phi) is 4.51. The summed E-state index contributed by atoms with van der Waals surface area (Å²) in [5, 5.41) is 9.89. The summed E-state index contributed by atoms with van der Waals surface area (Å²) in [5.74, 6) is -0.322. The van der Waals surface area contributed by atoms with Crippen molar-refractivity contribution in [1.82, 2.24) is 10.2 Å². The first-order chi connectivity index (χ1) is 11.9. The van der Waals surface area contributed by atoms with Crippen molar-refractivity contribution < 1.29 is 22.4 Å². The van der Waals surface area contributed by atoms with Crippen molar-refractivity contribution in [3.63, 3.8) is 0 Å². The normalized spacial score (nSPS) is 11.3. The summed E-state index contributed by atoms with van der Waals surface area (Å²) in [6, 6.07) is 13.1. The first-order valence-corrected chi connectivity index (χ1v) is 7.27. The van der Waals surface area contributed by atoms with Gasteiger partial charge in [0.25, 0.3) is 5.91 Å². The van der Waals surface area contributed by atoms with Gasteiger partial charge in [0.15, 0.2) is 0 Å². The van der Waals surface area contributed by atoms with Crippen molar-refractivity contribution in [2.45, 2.75) is 12.6 Å². The molecule has 1 amide bonds. The smallest absolute Gasteiger partial charge is 0.407 e. The second kappa shape index (κ2) is 6.76. The Hall–Kier alpha value is -3.16. The molecule has 0 aliphatic heterocycles. The van der Waals surface area contributed by atoms with E-state index in [-0.39, 0.29) is 11.6 Å². The van der Waals surface area contributed by atoms with Gasteiger partial charge in [-0.2, -0.15) is 13.2 Å². The highest BCUT2D eigenvalue weighted by atomic mass is 19.4. The SMILES string of the molecule is O=C(Nc1nnc(Cc2ccccc2)o1)c1ccc(C(F)(F)F)cc1. The number of nitrogens with zero attached hydrogens (tertiary/aromatic N) is 2. The van der Waals surface area contributed by atoms with E-state index in [1.807, 2.05) is 30.3 Å². The van der Waals surface area contributed by atoms with Crippen molar-refractivity contribution >= 4 is 11.9 Å². The van der Waals surface area contributed by atoms with Crippen LogP contribution in [0.1, 0.15) is 27.4 Å². The summed E-state index contributed by atoms with van der Waals surface area (Å²) in [6.45, 7) is 0. The zero-order chi connectivity index (χ0) is 17.9. The number of nitrogens with one attached hydrogen (secondary N) is 1. The molecule has 0 aliphatic rings. The maximum atomic E-state index is 12.5. The molecule has 0 saturated carbocycles. The van der Waals surface area contributed by atoms with Gasteiger partial charge in [0.1, 0.15) is 0 Å². The van der Waals surface area contributed by atoms with Crippen molar-refractivity contribution in [1.29, 1.82) is 0 Å². The highest BCUT2D eigenvalue weighted by Gasteiger charge is 2.30. The minimum atomic E-state index is -4.45. The monoisotopic (exact) mass is 347 g/mol. The van der Waals surface area contributed by atoms with Crippen LogP contribution in [0.15, 0.2) is 59.0 Å². The first kappa shape index (κ1) is 16.7. The van der Waals surface area contributed by atoms with E-state index in [9.17, 15) is 18.0 Å². The number of hydrogen-bond donors (Lipinski definition) is 1. The van der Waals surface area contributed by atoms with Crippen molar-refractivity contribution in [2.75, 3.05) is 5.32 Å². The van der Waals surface area contributed by atoms with E-state index in [0.717, 1.165) is 29.8 Å². The number of anilines is 1. The van der Waals surface area contributed by atoms with E-state index in [0.29, 0.717) is 12.3 Å². The molecule has 25 heavy (non-hydrogen) atoms. The Bertz CT molecular complexity index is 859. The van der Waals surface area contributed by atoms with Crippen LogP contribution in [0.3, 0.4) is 0 Å². The van der Waals surface area contributed by atoms with Gasteiger partial charge in [0.05, 0.1) is 12.0 Å². The molecule has 0 fully saturated rings. The molecule has 1 aromatic heterocycles. The van der Waals surface area contributed by atoms with Gasteiger partial charge in [-0.05, 0) is 29.8 Å². The third-order valence-electron chi connectivity index (χ3n) is 3.36. The largest absolute Gasteiger partial charge is 0.416 e. The van der Waals surface area contributed by atoms with Gasteiger partial charge in [-0.3, -0.25) is 10.1 Å². The predicted octanol–water partition coefficient (Wildman–Crippen LogP) is 3.93. The zero-order valence-corrected chi connectivity index (χ0v) is 12.7. The van der Waals surface area contributed by atoms with Gasteiger partial charge >= 0.3 is 12.2 Å². The van der Waals surface area contributed by atoms with Crippen LogP contribution >= 0.6 is 0 Å². The van der Waals surface area contributed by atoms with Gasteiger partial charge in [-0.1, -0.05) is 35.4 Å². The molecule has 0 unspecified atom stereocenters. The molecule has 5 nitrogen and oxygen atoms in total. The Morgan fingerprint density at radius 3 is 2.32 bits per heavy atom. The third kappa shape index (κ3) is 4.23. The molecule has 0 aliphatic carbocycles. The molecule has 128 valence electrons. The van der Waals surface area contributed by atoms with Crippen molar-refractivity contribution in [2.24, 2.45) is 0 Å². The topological polar surface area (TPSA) is 68.0 Å². The lowest BCUT2D eigenvalue weighted by molar-refractivity contribution is -0.137. The van der Waals surface area contributed by atoms with Crippen molar-refractivity contribution in [3.8, 4) is 0 Å². The molecule has 0 radical (unpaired) electrons. The number of carbonyl (C=O) groups is 1. The van der Waals surface area contributed by atoms with Crippen LogP contribution in [0, 0.1) is 0 Å². The molecule has 0 saturated heterocycles. The van der Waals surface area contributed by atoms with Crippen LogP contribution in [-0.2, 0) is 12.6 Å². The molecule has 8 heteroatoms. The van der Waals surface area contributed by atoms with E-state index < -0.39 is 17.6 Å². The van der Waals surface area contributed by atoms with Crippen molar-refractivity contribution in [3.05, 3.63) is 77.2 Å². The summed E-state index contributed by atoms with van der Waals surface area (Å²) in [4.78, 5) is 12.0. The standard InChI is InChI=1S/C17H12F3N3O2/c18-17(19,20)13-8-6-12(7-9-13)15(24)21-16-23-22-14(25-16)10-11-4-2-1-3-5-11/h1-9H,10H2,(H,21,23,24). The quantitative estimate of drug-likeness (QED) is 0.776. The van der Waals surface area contributed by atoms with Crippen LogP contribution in [0.4, 0.5) is 19.2 Å². The zero-order valence-electron chi connectivity index (χ0n) is 12.7. The van der Waals surface area contributed by atoms with E-state index >= 15 is 0 Å². The molecular formula is C17H12F3N3O2. The Morgan fingerprint density at radius 1 is 1.00 bits per heavy atom. The molecule has 3 rings (SSSR count). The van der Waals surface area contributed by atoms with E-state index in [1.54, 1.807) is 0 Å². The lowest BCUT2D eigenvalue weighted by Gasteiger charge is -2.07. The fraction of sp³-hybridized carbons (Fsp3) is 0.118. The molecule has 3 aromatic rings. The summed E-state index contributed by atoms with van der Waals surface area (Å²) in [7, 11) is 0. The fourth-order valence-corrected chi connectivity index (χ4v) is 2.13. The first-order valence-electron chi connectivity index (χ1n) is 7.27. The molecule has 0 bridgehead atoms. The van der Waals surface area contributed by atoms with E-state index in [4.69, 9.17) is 4.42 Å². The number of benzene rings is 2. The summed E-state index contributed by atoms with van der Waals surface area (Å²) in [5.41, 5.74) is 0.189. The number of carbonyl (C=O) groups excluding carboxylic acids is 1. The maximum Gasteiger partial charge on any atom is 0.416 e. The summed E-state index contributed by atoms with van der Waals surface area (Å²) >= 11 is 0. The molecule has 0 spiro atoms. The Morgan fingerprint density at radius 2 is 1.68 bits per heavy atom. The maximum absolute atomic E-state index is 12.5. The van der Waals surface area contributed by atoms with E-state index in [2.05, 4.69) is 15.5 Å². The van der Waals surface area contributed by atoms with Crippen LogP contribution in [0.25, 0.3) is 0 Å². The summed E-state index contributed by atoms with van der Waals surface area (Å²) in [6.07, 6.45) is -4.04. The molecule has 1 heterocycles. The average Bonchev–Trinajstić information content (AvgIpc) is 3.02. The lowest BCUT2D eigenvalue weighted by Crippen LogP contribution is -2.13. The van der Waals surface area contributed by atoms with Gasteiger partial charge in [0, 0.05) is 5.56 Å². The Labute approximate surface area is 140 Å². The minimum Gasteiger partial charge on any atom is -0.407 e. The fourth-order valence-electron chi connectivity index (χ4n) is 2.13. The highest BCUT2D eigenvalue weighted by Crippen LogP contribution is 2.29. The van der Waals surface area contributed by atoms with Crippen LogP contribution in [0.5, 0.6) is 0 Å². The molecule has 2 aromatic carbocycles. The van der Waals surface area contributed by atoms with Crippen LogP contribution in [0.2, 0.25) is 0 Å². The van der Waals surface area contributed by atoms with Gasteiger partial charge in [-0.25, -0.2) is 0 Å². The molecule has 0 atom stereocenters. The molecular weight excluding hydrogens is 335 g/mol. The number of halogens is 3. The summed E-state index contributed by atoms with van der Waals surface area (Å²) < 4.78 is 42.9. The number of hydrogen-bond acceptors (Lipinski definition) is 4. The predicted molar refractivity (Wildman–Crippen MR) is 82.9 cm³/mol. The van der Waals surface area contributed by atoms with Crippen LogP contribution in [-0.4, -0.2) is 16.1 Å². The highest BCUT2D eigenvalue weighted by molar-refractivity contribution is 6.03. The number of aromatic nitrogens is 2. The lowest BCUT2D eigenvalue weighted by atomic mass is 10.1. The molecule has 1 N–H and O–H groups in total. The van der Waals surface area contributed by atoms with Gasteiger partial charge < -0.3 is 4.42 Å². The van der Waals surface area contributed by atoms with Gasteiger partial charge in [0.2, 0.25) is 5.89 Å². The number of amides is 1. The number of alkyl halides is 3. The third-order valence-corrected chi connectivity index (χ3v) is 3.36. The van der Waals surface area contributed by atoms with E-state index in [1.165, 1.54) is 0 Å². The number of rotatable bonds is 4. The van der Waals surface area contributed by atoms with Gasteiger partial charge in [-0.15, -0.1) is 5.10 Å². The second-order valence-electron chi connectivity index (χ2n) is 5.19. The van der Waals surface area contributed by atoms with Crippen LogP contribution < -0.4 is 5.32 Å². The average molecular weight is 347 g/mol.